The van der Waals surface area contributed by atoms with E-state index in [2.05, 4.69) is 0 Å². The predicted molar refractivity (Wildman–Crippen MR) is 59.8 cm³/mol. The molecule has 0 fully saturated rings. The summed E-state index contributed by atoms with van der Waals surface area (Å²) in [6.45, 7) is 7.58. The van der Waals surface area contributed by atoms with Gasteiger partial charge in [0.05, 0.1) is 7.11 Å². The van der Waals surface area contributed by atoms with Crippen LogP contribution in [0.4, 0.5) is 0 Å². The molecule has 0 atom stereocenters. The van der Waals surface area contributed by atoms with Crippen LogP contribution in [0.3, 0.4) is 0 Å². The van der Waals surface area contributed by atoms with Gasteiger partial charge in [-0.15, -0.1) is 0 Å². The molecule has 2 N–H and O–H groups in total. The lowest BCUT2D eigenvalue weighted by Gasteiger charge is -2.23. The minimum absolute atomic E-state index is 0.0717. The Morgan fingerprint density at radius 2 is 1.73 bits per heavy atom. The van der Waals surface area contributed by atoms with E-state index < -0.39 is 0 Å². The van der Waals surface area contributed by atoms with Crippen molar-refractivity contribution in [1.82, 2.24) is 0 Å². The van der Waals surface area contributed by atoms with E-state index in [1.165, 1.54) is 13.2 Å². The molecule has 0 saturated carbocycles. The normalized spacial score (nSPS) is 11.5. The molecule has 0 amide bonds. The summed E-state index contributed by atoms with van der Waals surface area (Å²) >= 11 is 0. The molecule has 3 heteroatoms. The van der Waals surface area contributed by atoms with Gasteiger partial charge in [-0.2, -0.15) is 0 Å². The monoisotopic (exact) mass is 210 g/mol. The van der Waals surface area contributed by atoms with Crippen LogP contribution in [0.1, 0.15) is 31.9 Å². The Morgan fingerprint density at radius 1 is 1.20 bits per heavy atom. The molecule has 1 aromatic carbocycles. The van der Waals surface area contributed by atoms with E-state index in [4.69, 9.17) is 4.74 Å². The van der Waals surface area contributed by atoms with E-state index >= 15 is 0 Å². The minimum Gasteiger partial charge on any atom is -0.507 e. The summed E-state index contributed by atoms with van der Waals surface area (Å²) < 4.78 is 5.05. The van der Waals surface area contributed by atoms with Gasteiger partial charge < -0.3 is 14.9 Å². The summed E-state index contributed by atoms with van der Waals surface area (Å²) in [5.74, 6) is 0.680. The molecule has 0 radical (unpaired) electrons. The van der Waals surface area contributed by atoms with Crippen molar-refractivity contribution in [3.63, 3.8) is 0 Å². The Hall–Kier alpha value is -1.38. The fourth-order valence-electron chi connectivity index (χ4n) is 1.68. The van der Waals surface area contributed by atoms with E-state index in [0.717, 1.165) is 0 Å². The number of methoxy groups -OCH3 is 1. The van der Waals surface area contributed by atoms with Crippen LogP contribution < -0.4 is 4.74 Å². The molecule has 0 bridgehead atoms. The van der Waals surface area contributed by atoms with E-state index in [9.17, 15) is 10.2 Å². The number of hydrogen-bond donors (Lipinski definition) is 2. The molecule has 0 saturated heterocycles. The first-order valence-electron chi connectivity index (χ1n) is 4.89. The standard InChI is InChI=1S/C12H18O3/c1-7-9(15-5)6-8(13)10(11(7)14)12(2,3)4/h6,13-14H,1-5H3. The number of hydrogen-bond acceptors (Lipinski definition) is 3. The summed E-state index contributed by atoms with van der Waals surface area (Å²) in [5.41, 5.74) is 0.909. The highest BCUT2D eigenvalue weighted by molar-refractivity contribution is 5.57. The van der Waals surface area contributed by atoms with Crippen LogP contribution in [0.25, 0.3) is 0 Å². The Labute approximate surface area is 90.3 Å². The lowest BCUT2D eigenvalue weighted by molar-refractivity contribution is 0.378. The molecule has 84 valence electrons. The lowest BCUT2D eigenvalue weighted by atomic mass is 9.84. The number of ether oxygens (including phenoxy) is 1. The third-order valence-electron chi connectivity index (χ3n) is 2.46. The zero-order chi connectivity index (χ0) is 11.8. The van der Waals surface area contributed by atoms with Crippen LogP contribution in [0, 0.1) is 6.92 Å². The first kappa shape index (κ1) is 11.7. The molecule has 3 nitrogen and oxygen atoms in total. The highest BCUT2D eigenvalue weighted by atomic mass is 16.5. The third kappa shape index (κ3) is 2.01. The molecule has 0 aliphatic carbocycles. The van der Waals surface area contributed by atoms with Crippen molar-refractivity contribution in [3.05, 3.63) is 17.2 Å². The van der Waals surface area contributed by atoms with Gasteiger partial charge in [0.15, 0.2) is 0 Å². The smallest absolute Gasteiger partial charge is 0.129 e. The second kappa shape index (κ2) is 3.65. The Balaban J connectivity index is 3.50. The molecule has 0 aliphatic rings. The van der Waals surface area contributed by atoms with Gasteiger partial charge in [0, 0.05) is 17.2 Å². The van der Waals surface area contributed by atoms with Crippen molar-refractivity contribution in [1.29, 1.82) is 0 Å². The zero-order valence-electron chi connectivity index (χ0n) is 9.88. The summed E-state index contributed by atoms with van der Waals surface area (Å²) in [5, 5.41) is 19.8. The highest BCUT2D eigenvalue weighted by Crippen LogP contribution is 2.43. The van der Waals surface area contributed by atoms with Crippen LogP contribution in [0.15, 0.2) is 6.07 Å². The van der Waals surface area contributed by atoms with Gasteiger partial charge in [-0.3, -0.25) is 0 Å². The van der Waals surface area contributed by atoms with Crippen LogP contribution in [-0.2, 0) is 5.41 Å². The van der Waals surface area contributed by atoms with Crippen molar-refractivity contribution in [3.8, 4) is 17.2 Å². The highest BCUT2D eigenvalue weighted by Gasteiger charge is 2.25. The predicted octanol–water partition coefficient (Wildman–Crippen LogP) is 2.71. The van der Waals surface area contributed by atoms with Crippen molar-refractivity contribution in [2.45, 2.75) is 33.1 Å². The SMILES string of the molecule is COc1cc(O)c(C(C)(C)C)c(O)c1C. The molecule has 0 unspecified atom stereocenters. The summed E-state index contributed by atoms with van der Waals surface area (Å²) in [7, 11) is 1.51. The van der Waals surface area contributed by atoms with Gasteiger partial charge in [0.1, 0.15) is 17.2 Å². The molecule has 0 aliphatic heterocycles. The molecular formula is C12H18O3. The molecular weight excluding hydrogens is 192 g/mol. The lowest BCUT2D eigenvalue weighted by Crippen LogP contribution is -2.12. The number of benzene rings is 1. The van der Waals surface area contributed by atoms with Crippen molar-refractivity contribution in [2.75, 3.05) is 7.11 Å². The van der Waals surface area contributed by atoms with E-state index in [1.54, 1.807) is 6.92 Å². The van der Waals surface area contributed by atoms with E-state index in [0.29, 0.717) is 16.9 Å². The third-order valence-corrected chi connectivity index (χ3v) is 2.46. The van der Waals surface area contributed by atoms with Crippen molar-refractivity contribution in [2.24, 2.45) is 0 Å². The summed E-state index contributed by atoms with van der Waals surface area (Å²) in [6.07, 6.45) is 0. The number of phenolic OH excluding ortho intramolecular Hbond substituents is 2. The van der Waals surface area contributed by atoms with Crippen molar-refractivity contribution >= 4 is 0 Å². The summed E-state index contributed by atoms with van der Waals surface area (Å²) in [4.78, 5) is 0. The second-order valence-corrected chi connectivity index (χ2v) is 4.70. The van der Waals surface area contributed by atoms with Crippen LogP contribution >= 0.6 is 0 Å². The fourth-order valence-corrected chi connectivity index (χ4v) is 1.68. The maximum atomic E-state index is 9.99. The number of aromatic hydroxyl groups is 2. The minimum atomic E-state index is -0.300. The van der Waals surface area contributed by atoms with Gasteiger partial charge in [-0.05, 0) is 12.3 Å². The molecule has 0 aromatic heterocycles. The first-order chi connectivity index (χ1) is 6.79. The van der Waals surface area contributed by atoms with Crippen LogP contribution in [0.5, 0.6) is 17.2 Å². The van der Waals surface area contributed by atoms with Gasteiger partial charge in [0.2, 0.25) is 0 Å². The Morgan fingerprint density at radius 3 is 2.13 bits per heavy atom. The fraction of sp³-hybridized carbons (Fsp3) is 0.500. The van der Waals surface area contributed by atoms with Gasteiger partial charge in [-0.1, -0.05) is 20.8 Å². The molecule has 1 aromatic rings. The van der Waals surface area contributed by atoms with Crippen molar-refractivity contribution < 1.29 is 14.9 Å². The van der Waals surface area contributed by atoms with E-state index in [1.807, 2.05) is 20.8 Å². The topological polar surface area (TPSA) is 49.7 Å². The summed E-state index contributed by atoms with van der Waals surface area (Å²) in [6, 6.07) is 1.54. The van der Waals surface area contributed by atoms with Gasteiger partial charge in [-0.25, -0.2) is 0 Å². The molecule has 1 rings (SSSR count). The second-order valence-electron chi connectivity index (χ2n) is 4.70. The number of phenols is 2. The molecule has 15 heavy (non-hydrogen) atoms. The molecule has 0 heterocycles. The van der Waals surface area contributed by atoms with Crippen LogP contribution in [0.2, 0.25) is 0 Å². The average Bonchev–Trinajstić information content (AvgIpc) is 2.09. The number of rotatable bonds is 1. The Bertz CT molecular complexity index is 375. The Kier molecular flexibility index (Phi) is 2.84. The maximum Gasteiger partial charge on any atom is 0.129 e. The largest absolute Gasteiger partial charge is 0.507 e. The quantitative estimate of drug-likeness (QED) is 0.749. The zero-order valence-corrected chi connectivity index (χ0v) is 9.88. The molecule has 0 spiro atoms. The average molecular weight is 210 g/mol. The van der Waals surface area contributed by atoms with Gasteiger partial charge in [0.25, 0.3) is 0 Å². The van der Waals surface area contributed by atoms with E-state index in [-0.39, 0.29) is 16.9 Å². The van der Waals surface area contributed by atoms with Gasteiger partial charge >= 0.3 is 0 Å². The van der Waals surface area contributed by atoms with Crippen LogP contribution in [-0.4, -0.2) is 17.3 Å². The maximum absolute atomic E-state index is 9.99. The first-order valence-corrected chi connectivity index (χ1v) is 4.89.